The topological polar surface area (TPSA) is 58.6 Å². The zero-order valence-corrected chi connectivity index (χ0v) is 18.4. The first-order chi connectivity index (χ1) is 14.4. The van der Waals surface area contributed by atoms with Crippen LogP contribution in [0, 0.1) is 13.8 Å². The van der Waals surface area contributed by atoms with E-state index in [1.165, 1.54) is 0 Å². The van der Waals surface area contributed by atoms with Crippen molar-refractivity contribution in [2.75, 3.05) is 19.7 Å². The molecule has 6 heteroatoms. The lowest BCUT2D eigenvalue weighted by molar-refractivity contribution is -0.132. The van der Waals surface area contributed by atoms with Gasteiger partial charge in [-0.3, -0.25) is 9.59 Å². The highest BCUT2D eigenvalue weighted by Gasteiger charge is 2.24. The fourth-order valence-electron chi connectivity index (χ4n) is 3.64. The van der Waals surface area contributed by atoms with Crippen molar-refractivity contribution < 1.29 is 14.3 Å². The van der Waals surface area contributed by atoms with E-state index in [-0.39, 0.29) is 17.9 Å². The SMILES string of the molecule is Cc1cc(OCCCC(=O)N2CCC(NC(=O)c3ccccc3C)CC2)ccc1Cl. The maximum absolute atomic E-state index is 12.5. The second kappa shape index (κ2) is 10.5. The molecule has 2 aromatic carbocycles. The lowest BCUT2D eigenvalue weighted by Crippen LogP contribution is -2.46. The minimum absolute atomic E-state index is 0.0348. The van der Waals surface area contributed by atoms with E-state index in [2.05, 4.69) is 5.32 Å². The number of carbonyl (C=O) groups is 2. The molecule has 160 valence electrons. The van der Waals surface area contributed by atoms with Crippen molar-refractivity contribution in [2.45, 2.75) is 45.6 Å². The van der Waals surface area contributed by atoms with Crippen LogP contribution in [0.1, 0.15) is 47.2 Å². The summed E-state index contributed by atoms with van der Waals surface area (Å²) in [6.07, 6.45) is 2.70. The minimum Gasteiger partial charge on any atom is -0.494 e. The van der Waals surface area contributed by atoms with Crippen LogP contribution in [0.3, 0.4) is 0 Å². The monoisotopic (exact) mass is 428 g/mol. The Morgan fingerprint density at radius 2 is 1.83 bits per heavy atom. The Morgan fingerprint density at radius 1 is 1.10 bits per heavy atom. The molecule has 5 nitrogen and oxygen atoms in total. The Morgan fingerprint density at radius 3 is 2.53 bits per heavy atom. The van der Waals surface area contributed by atoms with Gasteiger partial charge in [-0.15, -0.1) is 0 Å². The highest BCUT2D eigenvalue weighted by molar-refractivity contribution is 6.31. The number of ether oxygens (including phenoxy) is 1. The Kier molecular flexibility index (Phi) is 7.75. The molecule has 1 heterocycles. The molecular formula is C24H29ClN2O3. The third-order valence-corrected chi connectivity index (χ3v) is 5.93. The van der Waals surface area contributed by atoms with Crippen LogP contribution in [0.25, 0.3) is 0 Å². The van der Waals surface area contributed by atoms with Crippen LogP contribution in [0.15, 0.2) is 42.5 Å². The van der Waals surface area contributed by atoms with E-state index in [9.17, 15) is 9.59 Å². The van der Waals surface area contributed by atoms with Crippen LogP contribution in [0.4, 0.5) is 0 Å². The average Bonchev–Trinajstić information content (AvgIpc) is 2.74. The number of hydrogen-bond acceptors (Lipinski definition) is 3. The van der Waals surface area contributed by atoms with Gasteiger partial charge in [0, 0.05) is 36.1 Å². The number of carbonyl (C=O) groups excluding carboxylic acids is 2. The van der Waals surface area contributed by atoms with Crippen LogP contribution in [-0.4, -0.2) is 42.5 Å². The summed E-state index contributed by atoms with van der Waals surface area (Å²) in [5.74, 6) is 0.886. The van der Waals surface area contributed by atoms with Crippen molar-refractivity contribution in [1.82, 2.24) is 10.2 Å². The number of hydrogen-bond donors (Lipinski definition) is 1. The third-order valence-electron chi connectivity index (χ3n) is 5.51. The molecule has 2 amide bonds. The van der Waals surface area contributed by atoms with Crippen LogP contribution < -0.4 is 10.1 Å². The van der Waals surface area contributed by atoms with Gasteiger partial charge >= 0.3 is 0 Å². The molecule has 3 rings (SSSR count). The zero-order valence-electron chi connectivity index (χ0n) is 17.6. The maximum Gasteiger partial charge on any atom is 0.251 e. The van der Waals surface area contributed by atoms with Crippen LogP contribution in [0.2, 0.25) is 5.02 Å². The normalized spacial score (nSPS) is 14.4. The van der Waals surface area contributed by atoms with Gasteiger partial charge in [-0.25, -0.2) is 0 Å². The summed E-state index contributed by atoms with van der Waals surface area (Å²) in [7, 11) is 0. The average molecular weight is 429 g/mol. The quantitative estimate of drug-likeness (QED) is 0.659. The van der Waals surface area contributed by atoms with Gasteiger partial charge in [0.05, 0.1) is 6.61 Å². The van der Waals surface area contributed by atoms with E-state index < -0.39 is 0 Å². The van der Waals surface area contributed by atoms with Gasteiger partial charge in [-0.1, -0.05) is 29.8 Å². The maximum atomic E-state index is 12.5. The number of benzene rings is 2. The Balaban J connectivity index is 1.36. The van der Waals surface area contributed by atoms with E-state index >= 15 is 0 Å². The largest absolute Gasteiger partial charge is 0.494 e. The fourth-order valence-corrected chi connectivity index (χ4v) is 3.76. The molecule has 1 fully saturated rings. The molecule has 0 bridgehead atoms. The van der Waals surface area contributed by atoms with Crippen molar-refractivity contribution in [3.8, 4) is 5.75 Å². The molecule has 0 saturated carbocycles. The first-order valence-electron chi connectivity index (χ1n) is 10.5. The van der Waals surface area contributed by atoms with Gasteiger partial charge in [0.15, 0.2) is 0 Å². The molecule has 1 aliphatic heterocycles. The predicted octanol–water partition coefficient (Wildman–Crippen LogP) is 4.54. The summed E-state index contributed by atoms with van der Waals surface area (Å²) in [6, 6.07) is 13.3. The molecule has 0 aliphatic carbocycles. The summed E-state index contributed by atoms with van der Waals surface area (Å²) in [5, 5.41) is 3.83. The third kappa shape index (κ3) is 5.99. The zero-order chi connectivity index (χ0) is 21.5. The van der Waals surface area contributed by atoms with Crippen molar-refractivity contribution in [2.24, 2.45) is 0 Å². The van der Waals surface area contributed by atoms with Gasteiger partial charge < -0.3 is 15.0 Å². The number of amides is 2. The molecule has 1 saturated heterocycles. The number of aryl methyl sites for hydroxylation is 2. The number of halogens is 1. The van der Waals surface area contributed by atoms with Crippen molar-refractivity contribution >= 4 is 23.4 Å². The molecular weight excluding hydrogens is 400 g/mol. The summed E-state index contributed by atoms with van der Waals surface area (Å²) >= 11 is 6.02. The molecule has 0 radical (unpaired) electrons. The Labute approximate surface area is 183 Å². The number of nitrogens with zero attached hydrogens (tertiary/aromatic N) is 1. The van der Waals surface area contributed by atoms with Crippen molar-refractivity contribution in [3.63, 3.8) is 0 Å². The molecule has 1 N–H and O–H groups in total. The lowest BCUT2D eigenvalue weighted by atomic mass is 10.0. The Hall–Kier alpha value is -2.53. The van der Waals surface area contributed by atoms with Crippen LogP contribution in [0.5, 0.6) is 5.75 Å². The van der Waals surface area contributed by atoms with Gasteiger partial charge in [0.2, 0.25) is 5.91 Å². The molecule has 0 atom stereocenters. The second-order valence-corrected chi connectivity index (χ2v) is 8.21. The highest BCUT2D eigenvalue weighted by atomic mass is 35.5. The number of rotatable bonds is 7. The van der Waals surface area contributed by atoms with E-state index in [1.807, 2.05) is 61.2 Å². The first kappa shape index (κ1) is 22.2. The number of piperidine rings is 1. The van der Waals surface area contributed by atoms with Gasteiger partial charge in [0.25, 0.3) is 5.91 Å². The standard InChI is InChI=1S/C24H29ClN2O3/c1-17-6-3-4-7-21(17)24(29)26-19-11-13-27(14-12-19)23(28)8-5-15-30-20-9-10-22(25)18(2)16-20/h3-4,6-7,9-10,16,19H,5,8,11-15H2,1-2H3,(H,26,29). The fraction of sp³-hybridized carbons (Fsp3) is 0.417. The smallest absolute Gasteiger partial charge is 0.251 e. The minimum atomic E-state index is -0.0348. The number of nitrogens with one attached hydrogen (secondary N) is 1. The molecule has 30 heavy (non-hydrogen) atoms. The van der Waals surface area contributed by atoms with Crippen molar-refractivity contribution in [3.05, 3.63) is 64.2 Å². The number of likely N-dealkylation sites (tertiary alicyclic amines) is 1. The first-order valence-corrected chi connectivity index (χ1v) is 10.8. The van der Waals surface area contributed by atoms with Gasteiger partial charge in [0.1, 0.15) is 5.75 Å². The Bertz CT molecular complexity index is 892. The van der Waals surface area contributed by atoms with E-state index in [4.69, 9.17) is 16.3 Å². The second-order valence-electron chi connectivity index (χ2n) is 7.81. The van der Waals surface area contributed by atoms with Gasteiger partial charge in [-0.2, -0.15) is 0 Å². The molecule has 0 aromatic heterocycles. The molecule has 1 aliphatic rings. The van der Waals surface area contributed by atoms with Gasteiger partial charge in [-0.05, 0) is 68.5 Å². The summed E-state index contributed by atoms with van der Waals surface area (Å²) in [6.45, 7) is 5.72. The molecule has 0 spiro atoms. The summed E-state index contributed by atoms with van der Waals surface area (Å²) < 4.78 is 5.72. The molecule has 0 unspecified atom stereocenters. The van der Waals surface area contributed by atoms with E-state index in [0.717, 1.165) is 34.7 Å². The predicted molar refractivity (Wildman–Crippen MR) is 119 cm³/mol. The summed E-state index contributed by atoms with van der Waals surface area (Å²) in [4.78, 5) is 26.8. The van der Waals surface area contributed by atoms with E-state index in [0.29, 0.717) is 38.1 Å². The van der Waals surface area contributed by atoms with Crippen LogP contribution in [-0.2, 0) is 4.79 Å². The van der Waals surface area contributed by atoms with Crippen molar-refractivity contribution in [1.29, 1.82) is 0 Å². The summed E-state index contributed by atoms with van der Waals surface area (Å²) in [5.41, 5.74) is 2.66. The lowest BCUT2D eigenvalue weighted by Gasteiger charge is -2.32. The highest BCUT2D eigenvalue weighted by Crippen LogP contribution is 2.21. The van der Waals surface area contributed by atoms with Crippen LogP contribution >= 0.6 is 11.6 Å². The van der Waals surface area contributed by atoms with E-state index in [1.54, 1.807) is 0 Å². The molecule has 2 aromatic rings.